The average Bonchev–Trinajstić information content (AvgIpc) is 2.17. The summed E-state index contributed by atoms with van der Waals surface area (Å²) in [5.74, 6) is 0. The Bertz CT molecular complexity index is 340. The third kappa shape index (κ3) is 3.09. The standard InChI is InChI=1S/C11H14O2S/c1-9(2)8-11(12)14(13)10-6-4-3-5-7-10/h3-8,11-12H,1-2H3. The van der Waals surface area contributed by atoms with Crippen molar-refractivity contribution >= 4 is 10.8 Å². The molecule has 0 heterocycles. The molecule has 0 saturated carbocycles. The van der Waals surface area contributed by atoms with E-state index in [2.05, 4.69) is 0 Å². The fourth-order valence-corrected chi connectivity index (χ4v) is 2.14. The predicted octanol–water partition coefficient (Wildman–Crippen LogP) is 2.08. The summed E-state index contributed by atoms with van der Waals surface area (Å²) in [5.41, 5.74) is 0.0455. The molecular formula is C11H14O2S. The Morgan fingerprint density at radius 3 is 2.43 bits per heavy atom. The van der Waals surface area contributed by atoms with Crippen molar-refractivity contribution in [2.75, 3.05) is 0 Å². The molecule has 0 saturated heterocycles. The Hall–Kier alpha value is -0.930. The van der Waals surface area contributed by atoms with Gasteiger partial charge in [-0.05, 0) is 32.1 Å². The number of aliphatic hydroxyl groups is 1. The van der Waals surface area contributed by atoms with Crippen LogP contribution in [-0.4, -0.2) is 14.8 Å². The van der Waals surface area contributed by atoms with Gasteiger partial charge in [0.15, 0.2) is 5.44 Å². The Labute approximate surface area is 86.7 Å². The summed E-state index contributed by atoms with van der Waals surface area (Å²) in [6.45, 7) is 3.73. The van der Waals surface area contributed by atoms with Crippen LogP contribution in [0.15, 0.2) is 46.9 Å². The Kier molecular flexibility index (Phi) is 4.04. The number of rotatable bonds is 3. The molecule has 14 heavy (non-hydrogen) atoms. The van der Waals surface area contributed by atoms with E-state index in [-0.39, 0.29) is 0 Å². The van der Waals surface area contributed by atoms with Gasteiger partial charge in [0.2, 0.25) is 0 Å². The molecule has 2 unspecified atom stereocenters. The molecule has 76 valence electrons. The van der Waals surface area contributed by atoms with E-state index in [1.54, 1.807) is 18.2 Å². The number of allylic oxidation sites excluding steroid dienone is 1. The minimum Gasteiger partial charge on any atom is -0.376 e. The first-order valence-corrected chi connectivity index (χ1v) is 5.61. The Morgan fingerprint density at radius 2 is 1.93 bits per heavy atom. The second-order valence-corrected chi connectivity index (χ2v) is 4.79. The van der Waals surface area contributed by atoms with E-state index < -0.39 is 16.2 Å². The van der Waals surface area contributed by atoms with E-state index in [9.17, 15) is 9.32 Å². The molecule has 0 aliphatic carbocycles. The topological polar surface area (TPSA) is 37.3 Å². The first-order chi connectivity index (χ1) is 6.61. The molecule has 1 aromatic carbocycles. The SMILES string of the molecule is CC(C)=CC(O)S(=O)c1ccccc1. The van der Waals surface area contributed by atoms with Crippen LogP contribution in [0.25, 0.3) is 0 Å². The highest BCUT2D eigenvalue weighted by Crippen LogP contribution is 2.11. The van der Waals surface area contributed by atoms with Crippen LogP contribution in [-0.2, 0) is 10.8 Å². The van der Waals surface area contributed by atoms with Crippen molar-refractivity contribution < 1.29 is 9.32 Å². The van der Waals surface area contributed by atoms with Crippen molar-refractivity contribution in [3.05, 3.63) is 42.0 Å². The second kappa shape index (κ2) is 5.08. The van der Waals surface area contributed by atoms with Crippen molar-refractivity contribution in [2.24, 2.45) is 0 Å². The van der Waals surface area contributed by atoms with Crippen molar-refractivity contribution in [1.82, 2.24) is 0 Å². The van der Waals surface area contributed by atoms with Crippen LogP contribution in [0.1, 0.15) is 13.8 Å². The highest BCUT2D eigenvalue weighted by molar-refractivity contribution is 7.85. The van der Waals surface area contributed by atoms with Crippen LogP contribution >= 0.6 is 0 Å². The maximum absolute atomic E-state index is 11.7. The molecule has 0 aliphatic heterocycles. The minimum atomic E-state index is -1.37. The van der Waals surface area contributed by atoms with Gasteiger partial charge in [0, 0.05) is 4.90 Å². The lowest BCUT2D eigenvalue weighted by atomic mass is 10.3. The molecule has 0 fully saturated rings. The van der Waals surface area contributed by atoms with Crippen LogP contribution in [0.3, 0.4) is 0 Å². The third-order valence-corrected chi connectivity index (χ3v) is 2.98. The smallest absolute Gasteiger partial charge is 0.152 e. The van der Waals surface area contributed by atoms with E-state index >= 15 is 0 Å². The molecule has 0 bridgehead atoms. The summed E-state index contributed by atoms with van der Waals surface area (Å²) in [7, 11) is -1.37. The van der Waals surface area contributed by atoms with Crippen LogP contribution in [0, 0.1) is 0 Å². The predicted molar refractivity (Wildman–Crippen MR) is 58.3 cm³/mol. The average molecular weight is 210 g/mol. The number of hydrogen-bond acceptors (Lipinski definition) is 2. The molecule has 2 atom stereocenters. The maximum Gasteiger partial charge on any atom is 0.152 e. The zero-order valence-electron chi connectivity index (χ0n) is 8.31. The van der Waals surface area contributed by atoms with Gasteiger partial charge in [0.1, 0.15) is 0 Å². The minimum absolute atomic E-state index is 0.650. The molecule has 0 amide bonds. The number of aliphatic hydroxyl groups excluding tert-OH is 1. The fourth-order valence-electron chi connectivity index (χ4n) is 1.04. The highest BCUT2D eigenvalue weighted by atomic mass is 32.2. The summed E-state index contributed by atoms with van der Waals surface area (Å²) in [5, 5.41) is 9.56. The highest BCUT2D eigenvalue weighted by Gasteiger charge is 2.11. The van der Waals surface area contributed by atoms with Gasteiger partial charge in [-0.2, -0.15) is 0 Å². The van der Waals surface area contributed by atoms with Crippen molar-refractivity contribution in [3.63, 3.8) is 0 Å². The van der Waals surface area contributed by atoms with Crippen LogP contribution in [0.5, 0.6) is 0 Å². The lowest BCUT2D eigenvalue weighted by Gasteiger charge is -2.06. The second-order valence-electron chi connectivity index (χ2n) is 3.25. The summed E-state index contributed by atoms with van der Waals surface area (Å²) in [6.07, 6.45) is 1.60. The zero-order chi connectivity index (χ0) is 10.6. The van der Waals surface area contributed by atoms with Crippen LogP contribution in [0.2, 0.25) is 0 Å². The third-order valence-electron chi connectivity index (χ3n) is 1.67. The maximum atomic E-state index is 11.7. The van der Waals surface area contributed by atoms with E-state index in [4.69, 9.17) is 0 Å². The van der Waals surface area contributed by atoms with Gasteiger partial charge in [-0.15, -0.1) is 0 Å². The van der Waals surface area contributed by atoms with E-state index in [0.29, 0.717) is 4.90 Å². The van der Waals surface area contributed by atoms with Crippen LogP contribution in [0.4, 0.5) is 0 Å². The molecule has 3 heteroatoms. The van der Waals surface area contributed by atoms with Crippen molar-refractivity contribution in [1.29, 1.82) is 0 Å². The summed E-state index contributed by atoms with van der Waals surface area (Å²) < 4.78 is 11.7. The van der Waals surface area contributed by atoms with Crippen LogP contribution < -0.4 is 0 Å². The van der Waals surface area contributed by atoms with E-state index in [1.165, 1.54) is 0 Å². The molecular weight excluding hydrogens is 196 g/mol. The molecule has 0 aliphatic rings. The summed E-state index contributed by atoms with van der Waals surface area (Å²) in [6, 6.07) is 8.97. The normalized spacial score (nSPS) is 14.5. The molecule has 1 aromatic rings. The Morgan fingerprint density at radius 1 is 1.36 bits per heavy atom. The molecule has 0 spiro atoms. The first kappa shape index (κ1) is 11.1. The van der Waals surface area contributed by atoms with E-state index in [0.717, 1.165) is 5.57 Å². The molecule has 0 radical (unpaired) electrons. The lowest BCUT2D eigenvalue weighted by Crippen LogP contribution is -2.11. The monoisotopic (exact) mass is 210 g/mol. The molecule has 2 nitrogen and oxygen atoms in total. The Balaban J connectivity index is 2.82. The van der Waals surface area contributed by atoms with Gasteiger partial charge in [-0.3, -0.25) is 4.21 Å². The molecule has 1 N–H and O–H groups in total. The van der Waals surface area contributed by atoms with Gasteiger partial charge < -0.3 is 5.11 Å². The van der Waals surface area contributed by atoms with Gasteiger partial charge >= 0.3 is 0 Å². The number of hydrogen-bond donors (Lipinski definition) is 1. The quantitative estimate of drug-likeness (QED) is 0.775. The fraction of sp³-hybridized carbons (Fsp3) is 0.273. The van der Waals surface area contributed by atoms with Crippen molar-refractivity contribution in [3.8, 4) is 0 Å². The van der Waals surface area contributed by atoms with E-state index in [1.807, 2.05) is 32.0 Å². The van der Waals surface area contributed by atoms with Gasteiger partial charge in [0.05, 0.1) is 10.8 Å². The summed E-state index contributed by atoms with van der Waals surface area (Å²) in [4.78, 5) is 0.650. The largest absolute Gasteiger partial charge is 0.376 e. The van der Waals surface area contributed by atoms with Gasteiger partial charge in [-0.1, -0.05) is 23.8 Å². The van der Waals surface area contributed by atoms with Gasteiger partial charge in [-0.25, -0.2) is 0 Å². The van der Waals surface area contributed by atoms with Crippen molar-refractivity contribution in [2.45, 2.75) is 24.2 Å². The lowest BCUT2D eigenvalue weighted by molar-refractivity contribution is 0.301. The zero-order valence-corrected chi connectivity index (χ0v) is 9.12. The molecule has 1 rings (SSSR count). The molecule has 0 aromatic heterocycles. The first-order valence-electron chi connectivity index (χ1n) is 4.40. The number of benzene rings is 1. The van der Waals surface area contributed by atoms with Gasteiger partial charge in [0.25, 0.3) is 0 Å². The summed E-state index contributed by atoms with van der Waals surface area (Å²) >= 11 is 0.